The maximum absolute atomic E-state index is 13.2. The van der Waals surface area contributed by atoms with Crippen LogP contribution in [0.5, 0.6) is 0 Å². The quantitative estimate of drug-likeness (QED) is 0.825. The smallest absolute Gasteiger partial charge is 0.238 e. The number of nitrogens with zero attached hydrogens (tertiary/aromatic N) is 1. The summed E-state index contributed by atoms with van der Waals surface area (Å²) in [5.74, 6) is -2.09. The first kappa shape index (κ1) is 13.9. The maximum atomic E-state index is 13.2. The van der Waals surface area contributed by atoms with Crippen molar-refractivity contribution in [3.63, 3.8) is 0 Å². The number of nitrogens with one attached hydrogen (secondary N) is 2. The molecule has 6 heteroatoms. The zero-order valence-electron chi connectivity index (χ0n) is 10.6. The second kappa shape index (κ2) is 6.60. The number of rotatable bonds is 5. The summed E-state index contributed by atoms with van der Waals surface area (Å²) < 4.78 is 26.5. The fraction of sp³-hybridized carbons (Fsp3) is 0.143. The second-order valence-corrected chi connectivity index (χ2v) is 4.14. The Morgan fingerprint density at radius 2 is 1.75 bits per heavy atom. The minimum Gasteiger partial charge on any atom is -0.293 e. The van der Waals surface area contributed by atoms with Gasteiger partial charge in [-0.2, -0.15) is 0 Å². The van der Waals surface area contributed by atoms with Crippen LogP contribution < -0.4 is 10.9 Å². The van der Waals surface area contributed by atoms with Crippen molar-refractivity contribution >= 4 is 11.6 Å². The lowest BCUT2D eigenvalue weighted by Crippen LogP contribution is -2.30. The first-order chi connectivity index (χ1) is 9.66. The van der Waals surface area contributed by atoms with E-state index in [1.54, 1.807) is 0 Å². The molecule has 0 radical (unpaired) electrons. The highest BCUT2D eigenvalue weighted by atomic mass is 19.1. The molecule has 0 saturated heterocycles. The van der Waals surface area contributed by atoms with Crippen molar-refractivity contribution in [2.24, 2.45) is 0 Å². The Balaban J connectivity index is 1.84. The summed E-state index contributed by atoms with van der Waals surface area (Å²) in [7, 11) is 0. The number of halogens is 2. The highest BCUT2D eigenvalue weighted by Crippen LogP contribution is 2.15. The zero-order valence-corrected chi connectivity index (χ0v) is 10.6. The van der Waals surface area contributed by atoms with E-state index in [-0.39, 0.29) is 12.3 Å². The molecule has 1 heterocycles. The second-order valence-electron chi connectivity index (χ2n) is 4.14. The Morgan fingerprint density at radius 1 is 1.10 bits per heavy atom. The molecule has 0 spiro atoms. The van der Waals surface area contributed by atoms with Crippen LogP contribution in [0.25, 0.3) is 0 Å². The van der Waals surface area contributed by atoms with E-state index in [4.69, 9.17) is 0 Å². The van der Waals surface area contributed by atoms with Gasteiger partial charge in [0.25, 0.3) is 0 Å². The molecule has 1 amide bonds. The predicted octanol–water partition coefficient (Wildman–Crippen LogP) is 2.44. The summed E-state index contributed by atoms with van der Waals surface area (Å²) >= 11 is 0. The van der Waals surface area contributed by atoms with Crippen molar-refractivity contribution in [1.29, 1.82) is 0 Å². The molecule has 0 aliphatic rings. The summed E-state index contributed by atoms with van der Waals surface area (Å²) in [6.07, 6.45) is 2.49. The molecule has 0 atom stereocenters. The number of hydrazine groups is 1. The SMILES string of the molecule is O=C(CCc1ccccc1)NNc1c(F)cncc1F. The molecule has 2 N–H and O–H groups in total. The van der Waals surface area contributed by atoms with E-state index in [0.717, 1.165) is 18.0 Å². The number of carbonyl (C=O) groups excluding carboxylic acids is 1. The molecule has 2 aromatic rings. The molecule has 0 bridgehead atoms. The number of pyridine rings is 1. The molecule has 0 aliphatic carbocycles. The van der Waals surface area contributed by atoms with Crippen LogP contribution in [0, 0.1) is 11.6 Å². The number of hydrogen-bond donors (Lipinski definition) is 2. The van der Waals surface area contributed by atoms with Crippen LogP contribution in [0.4, 0.5) is 14.5 Å². The van der Waals surface area contributed by atoms with Crippen LogP contribution in [-0.2, 0) is 11.2 Å². The molecule has 104 valence electrons. The molecule has 4 nitrogen and oxygen atoms in total. The van der Waals surface area contributed by atoms with Crippen LogP contribution in [-0.4, -0.2) is 10.9 Å². The number of anilines is 1. The van der Waals surface area contributed by atoms with Gasteiger partial charge in [0, 0.05) is 6.42 Å². The molecule has 20 heavy (non-hydrogen) atoms. The summed E-state index contributed by atoms with van der Waals surface area (Å²) in [6.45, 7) is 0. The fourth-order valence-corrected chi connectivity index (χ4v) is 1.63. The monoisotopic (exact) mass is 277 g/mol. The average molecular weight is 277 g/mol. The van der Waals surface area contributed by atoms with Gasteiger partial charge in [0.1, 0.15) is 5.69 Å². The van der Waals surface area contributed by atoms with Crippen molar-refractivity contribution in [3.8, 4) is 0 Å². The highest BCUT2D eigenvalue weighted by molar-refractivity contribution is 5.77. The van der Waals surface area contributed by atoms with E-state index >= 15 is 0 Å². The molecule has 0 saturated carbocycles. The van der Waals surface area contributed by atoms with E-state index < -0.39 is 17.3 Å². The Morgan fingerprint density at radius 3 is 2.40 bits per heavy atom. The van der Waals surface area contributed by atoms with Gasteiger partial charge in [-0.3, -0.25) is 20.6 Å². The van der Waals surface area contributed by atoms with Gasteiger partial charge < -0.3 is 0 Å². The van der Waals surface area contributed by atoms with Gasteiger partial charge in [-0.15, -0.1) is 0 Å². The molecule has 2 rings (SSSR count). The van der Waals surface area contributed by atoms with Gasteiger partial charge in [-0.25, -0.2) is 8.78 Å². The Bertz CT molecular complexity index is 570. The normalized spacial score (nSPS) is 10.1. The number of amides is 1. The van der Waals surface area contributed by atoms with Crippen LogP contribution in [0.15, 0.2) is 42.7 Å². The van der Waals surface area contributed by atoms with Gasteiger partial charge in [0.2, 0.25) is 5.91 Å². The average Bonchev–Trinajstić information content (AvgIpc) is 2.46. The number of benzene rings is 1. The number of aromatic nitrogens is 1. The van der Waals surface area contributed by atoms with Crippen LogP contribution in [0.1, 0.15) is 12.0 Å². The summed E-state index contributed by atoms with van der Waals surface area (Å²) in [5, 5.41) is 0. The molecule has 1 aromatic heterocycles. The topological polar surface area (TPSA) is 54.0 Å². The van der Waals surface area contributed by atoms with Crippen LogP contribution in [0.3, 0.4) is 0 Å². The Kier molecular flexibility index (Phi) is 4.60. The number of carbonyl (C=O) groups is 1. The summed E-state index contributed by atoms with van der Waals surface area (Å²) in [5.41, 5.74) is 5.08. The first-order valence-electron chi connectivity index (χ1n) is 6.04. The van der Waals surface area contributed by atoms with Crippen molar-refractivity contribution in [1.82, 2.24) is 10.4 Å². The largest absolute Gasteiger partial charge is 0.293 e. The van der Waals surface area contributed by atoms with Crippen molar-refractivity contribution in [3.05, 3.63) is 59.9 Å². The fourth-order valence-electron chi connectivity index (χ4n) is 1.63. The van der Waals surface area contributed by atoms with Gasteiger partial charge in [0.05, 0.1) is 12.4 Å². The molecular weight excluding hydrogens is 264 g/mol. The van der Waals surface area contributed by atoms with Gasteiger partial charge in [-0.05, 0) is 12.0 Å². The highest BCUT2D eigenvalue weighted by Gasteiger charge is 2.09. The molecule has 0 aliphatic heterocycles. The van der Waals surface area contributed by atoms with Gasteiger partial charge in [-0.1, -0.05) is 30.3 Å². The summed E-state index contributed by atoms with van der Waals surface area (Å²) in [6, 6.07) is 9.46. The molecule has 1 aromatic carbocycles. The van der Waals surface area contributed by atoms with E-state index in [1.165, 1.54) is 0 Å². The molecular formula is C14H13F2N3O. The van der Waals surface area contributed by atoms with Crippen molar-refractivity contribution < 1.29 is 13.6 Å². The lowest BCUT2D eigenvalue weighted by Gasteiger charge is -2.09. The summed E-state index contributed by atoms with van der Waals surface area (Å²) in [4.78, 5) is 14.9. The van der Waals surface area contributed by atoms with E-state index in [9.17, 15) is 13.6 Å². The van der Waals surface area contributed by atoms with Crippen LogP contribution in [0.2, 0.25) is 0 Å². The Hall–Kier alpha value is -2.50. The third kappa shape index (κ3) is 3.74. The van der Waals surface area contributed by atoms with Gasteiger partial charge >= 0.3 is 0 Å². The van der Waals surface area contributed by atoms with Gasteiger partial charge in [0.15, 0.2) is 11.6 Å². The standard InChI is InChI=1S/C14H13F2N3O/c15-11-8-17-9-12(16)14(11)19-18-13(20)7-6-10-4-2-1-3-5-10/h1-5,8-9H,6-7H2,(H,17,19)(H,18,20). The van der Waals surface area contributed by atoms with E-state index in [0.29, 0.717) is 6.42 Å². The molecule has 0 unspecified atom stereocenters. The number of hydrogen-bond acceptors (Lipinski definition) is 3. The predicted molar refractivity (Wildman–Crippen MR) is 70.7 cm³/mol. The first-order valence-corrected chi connectivity index (χ1v) is 6.04. The lowest BCUT2D eigenvalue weighted by atomic mass is 10.1. The minimum absolute atomic E-state index is 0.214. The van der Waals surface area contributed by atoms with Crippen molar-refractivity contribution in [2.75, 3.05) is 5.43 Å². The molecule has 0 fully saturated rings. The Labute approximate surface area is 114 Å². The third-order valence-electron chi connectivity index (χ3n) is 2.66. The lowest BCUT2D eigenvalue weighted by molar-refractivity contribution is -0.120. The number of aryl methyl sites for hydroxylation is 1. The minimum atomic E-state index is -0.867. The maximum Gasteiger partial charge on any atom is 0.238 e. The van der Waals surface area contributed by atoms with E-state index in [1.807, 2.05) is 30.3 Å². The van der Waals surface area contributed by atoms with Crippen molar-refractivity contribution in [2.45, 2.75) is 12.8 Å². The third-order valence-corrected chi connectivity index (χ3v) is 2.66. The zero-order chi connectivity index (χ0) is 14.4. The van der Waals surface area contributed by atoms with Crippen LogP contribution >= 0.6 is 0 Å². The van der Waals surface area contributed by atoms with E-state index in [2.05, 4.69) is 15.8 Å².